The lowest BCUT2D eigenvalue weighted by molar-refractivity contribution is -0.123. The summed E-state index contributed by atoms with van der Waals surface area (Å²) in [4.78, 5) is 11.9. The Bertz CT molecular complexity index is 380. The molecule has 3 nitrogen and oxygen atoms in total. The van der Waals surface area contributed by atoms with Crippen LogP contribution in [0.5, 0.6) is 0 Å². The molecule has 0 aromatic heterocycles. The van der Waals surface area contributed by atoms with Crippen LogP contribution in [0.4, 0.5) is 0 Å². The van der Waals surface area contributed by atoms with Gasteiger partial charge in [-0.25, -0.2) is 0 Å². The second-order valence-electron chi connectivity index (χ2n) is 4.89. The zero-order chi connectivity index (χ0) is 12.8. The van der Waals surface area contributed by atoms with Crippen molar-refractivity contribution in [2.45, 2.75) is 45.2 Å². The van der Waals surface area contributed by atoms with E-state index < -0.39 is 0 Å². The lowest BCUT2D eigenvalue weighted by Crippen LogP contribution is -2.46. The molecule has 1 aromatic rings. The average Bonchev–Trinajstić information content (AvgIpc) is 2.46. The quantitative estimate of drug-likeness (QED) is 0.853. The summed E-state index contributed by atoms with van der Waals surface area (Å²) in [5.74, 6) is 0.134. The zero-order valence-corrected chi connectivity index (χ0v) is 11.0. The van der Waals surface area contributed by atoms with Gasteiger partial charge in [0.1, 0.15) is 0 Å². The molecule has 1 atom stereocenters. The van der Waals surface area contributed by atoms with Gasteiger partial charge in [0, 0.05) is 6.54 Å². The molecule has 1 aliphatic heterocycles. The number of hydrogen-bond donors (Lipinski definition) is 2. The van der Waals surface area contributed by atoms with E-state index >= 15 is 0 Å². The fourth-order valence-corrected chi connectivity index (χ4v) is 2.28. The van der Waals surface area contributed by atoms with Crippen molar-refractivity contribution in [3.63, 3.8) is 0 Å². The van der Waals surface area contributed by atoms with Crippen molar-refractivity contribution in [1.82, 2.24) is 10.6 Å². The van der Waals surface area contributed by atoms with Crippen LogP contribution >= 0.6 is 0 Å². The molecule has 3 heteroatoms. The Balaban J connectivity index is 1.80. The molecule has 2 N–H and O–H groups in total. The number of amides is 1. The molecule has 0 spiro atoms. The predicted octanol–water partition coefficient (Wildman–Crippen LogP) is 2.01. The third-order valence-electron chi connectivity index (χ3n) is 3.52. The van der Waals surface area contributed by atoms with Gasteiger partial charge in [-0.15, -0.1) is 0 Å². The van der Waals surface area contributed by atoms with E-state index in [0.29, 0.717) is 6.54 Å². The Hall–Kier alpha value is -1.35. The van der Waals surface area contributed by atoms with E-state index in [0.717, 1.165) is 31.4 Å². The first-order valence-electron chi connectivity index (χ1n) is 6.88. The summed E-state index contributed by atoms with van der Waals surface area (Å²) in [7, 11) is 0. The molecule has 1 aromatic carbocycles. The van der Waals surface area contributed by atoms with E-state index in [9.17, 15) is 4.79 Å². The van der Waals surface area contributed by atoms with Crippen LogP contribution in [-0.4, -0.2) is 18.5 Å². The van der Waals surface area contributed by atoms with Gasteiger partial charge in [0.2, 0.25) is 5.91 Å². The van der Waals surface area contributed by atoms with E-state index in [1.165, 1.54) is 12.0 Å². The third kappa shape index (κ3) is 3.57. The molecule has 0 aliphatic carbocycles. The van der Waals surface area contributed by atoms with Crippen molar-refractivity contribution in [3.8, 4) is 0 Å². The van der Waals surface area contributed by atoms with Crippen LogP contribution in [-0.2, 0) is 17.8 Å². The molecular formula is C15H22N2O. The van der Waals surface area contributed by atoms with E-state index in [1.807, 2.05) is 0 Å². The number of nitrogens with one attached hydrogen (secondary N) is 2. The van der Waals surface area contributed by atoms with Crippen molar-refractivity contribution < 1.29 is 4.79 Å². The molecule has 0 radical (unpaired) electrons. The maximum Gasteiger partial charge on any atom is 0.237 e. The Morgan fingerprint density at radius 3 is 2.61 bits per heavy atom. The molecule has 0 bridgehead atoms. The highest BCUT2D eigenvalue weighted by Crippen LogP contribution is 2.08. The Kier molecular flexibility index (Phi) is 4.76. The highest BCUT2D eigenvalue weighted by molar-refractivity contribution is 5.81. The van der Waals surface area contributed by atoms with E-state index in [2.05, 4.69) is 41.8 Å². The van der Waals surface area contributed by atoms with Gasteiger partial charge in [-0.1, -0.05) is 37.6 Å². The highest BCUT2D eigenvalue weighted by Gasteiger charge is 2.19. The molecular weight excluding hydrogens is 224 g/mol. The second-order valence-corrected chi connectivity index (χ2v) is 4.89. The number of carbonyl (C=O) groups is 1. The summed E-state index contributed by atoms with van der Waals surface area (Å²) in [6.45, 7) is 3.73. The van der Waals surface area contributed by atoms with E-state index in [1.54, 1.807) is 0 Å². The maximum absolute atomic E-state index is 11.9. The zero-order valence-electron chi connectivity index (χ0n) is 11.0. The minimum absolute atomic E-state index is 0.00802. The summed E-state index contributed by atoms with van der Waals surface area (Å²) >= 11 is 0. The molecule has 1 aliphatic rings. The number of benzene rings is 1. The summed E-state index contributed by atoms with van der Waals surface area (Å²) in [6, 6.07) is 8.44. The van der Waals surface area contributed by atoms with Crippen molar-refractivity contribution in [1.29, 1.82) is 0 Å². The van der Waals surface area contributed by atoms with Crippen molar-refractivity contribution in [2.75, 3.05) is 6.54 Å². The van der Waals surface area contributed by atoms with Crippen LogP contribution in [0.25, 0.3) is 0 Å². The molecule has 2 rings (SSSR count). The first-order valence-corrected chi connectivity index (χ1v) is 6.88. The van der Waals surface area contributed by atoms with Crippen LogP contribution < -0.4 is 10.6 Å². The lowest BCUT2D eigenvalue weighted by Gasteiger charge is -2.22. The van der Waals surface area contributed by atoms with Crippen LogP contribution in [0.1, 0.15) is 37.3 Å². The summed E-state index contributed by atoms with van der Waals surface area (Å²) in [6.07, 6.45) is 4.35. The summed E-state index contributed by atoms with van der Waals surface area (Å²) in [5.41, 5.74) is 2.50. The molecule has 1 fully saturated rings. The van der Waals surface area contributed by atoms with Gasteiger partial charge in [0.15, 0.2) is 0 Å². The first-order chi connectivity index (χ1) is 8.79. The third-order valence-corrected chi connectivity index (χ3v) is 3.52. The first kappa shape index (κ1) is 13.1. The standard InChI is InChI=1S/C15H22N2O/c1-2-12-6-8-13(9-7-12)11-17-15(18)14-5-3-4-10-16-14/h6-9,14,16H,2-5,10-11H2,1H3,(H,17,18)/t14-/m0/s1. The molecule has 0 unspecified atom stereocenters. The van der Waals surface area contributed by atoms with Crippen LogP contribution in [0.2, 0.25) is 0 Å². The van der Waals surface area contributed by atoms with Gasteiger partial charge >= 0.3 is 0 Å². The average molecular weight is 246 g/mol. The molecule has 1 heterocycles. The molecule has 98 valence electrons. The molecule has 0 saturated carbocycles. The Morgan fingerprint density at radius 1 is 1.28 bits per heavy atom. The highest BCUT2D eigenvalue weighted by atomic mass is 16.2. The summed E-state index contributed by atoms with van der Waals surface area (Å²) in [5, 5.41) is 6.27. The van der Waals surface area contributed by atoms with Crippen molar-refractivity contribution >= 4 is 5.91 Å². The number of aryl methyl sites for hydroxylation is 1. The number of piperidine rings is 1. The maximum atomic E-state index is 11.9. The number of carbonyl (C=O) groups excluding carboxylic acids is 1. The lowest BCUT2D eigenvalue weighted by atomic mass is 10.0. The molecule has 18 heavy (non-hydrogen) atoms. The van der Waals surface area contributed by atoms with Gasteiger partial charge in [-0.2, -0.15) is 0 Å². The van der Waals surface area contributed by atoms with Crippen molar-refractivity contribution in [2.24, 2.45) is 0 Å². The number of hydrogen-bond acceptors (Lipinski definition) is 2. The minimum Gasteiger partial charge on any atom is -0.351 e. The normalized spacial score (nSPS) is 19.5. The van der Waals surface area contributed by atoms with Gasteiger partial charge in [0.25, 0.3) is 0 Å². The van der Waals surface area contributed by atoms with Gasteiger partial charge in [-0.05, 0) is 36.9 Å². The van der Waals surface area contributed by atoms with Crippen LogP contribution in [0, 0.1) is 0 Å². The smallest absolute Gasteiger partial charge is 0.237 e. The van der Waals surface area contributed by atoms with Crippen LogP contribution in [0.15, 0.2) is 24.3 Å². The largest absolute Gasteiger partial charge is 0.351 e. The SMILES string of the molecule is CCc1ccc(CNC(=O)[C@@H]2CCCCN2)cc1. The molecule has 1 amide bonds. The Morgan fingerprint density at radius 2 is 2.00 bits per heavy atom. The van der Waals surface area contributed by atoms with E-state index in [4.69, 9.17) is 0 Å². The fraction of sp³-hybridized carbons (Fsp3) is 0.533. The van der Waals surface area contributed by atoms with Gasteiger partial charge < -0.3 is 10.6 Å². The van der Waals surface area contributed by atoms with Crippen LogP contribution in [0.3, 0.4) is 0 Å². The van der Waals surface area contributed by atoms with Gasteiger partial charge in [-0.3, -0.25) is 4.79 Å². The van der Waals surface area contributed by atoms with Crippen molar-refractivity contribution in [3.05, 3.63) is 35.4 Å². The number of rotatable bonds is 4. The Labute approximate surface area is 109 Å². The second kappa shape index (κ2) is 6.55. The fourth-order valence-electron chi connectivity index (χ4n) is 2.28. The minimum atomic E-state index is 0.00802. The van der Waals surface area contributed by atoms with E-state index in [-0.39, 0.29) is 11.9 Å². The monoisotopic (exact) mass is 246 g/mol. The topological polar surface area (TPSA) is 41.1 Å². The predicted molar refractivity (Wildman–Crippen MR) is 73.3 cm³/mol. The molecule has 1 saturated heterocycles. The van der Waals surface area contributed by atoms with Gasteiger partial charge in [0.05, 0.1) is 6.04 Å². The summed E-state index contributed by atoms with van der Waals surface area (Å²) < 4.78 is 0.